The molecule has 6 heteroatoms. The number of rotatable bonds is 67. The molecule has 0 bridgehead atoms. The van der Waals surface area contributed by atoms with Crippen LogP contribution in [0.4, 0.5) is 0 Å². The molecule has 6 nitrogen and oxygen atoms in total. The van der Waals surface area contributed by atoms with Crippen LogP contribution in [0.2, 0.25) is 0 Å². The minimum Gasteiger partial charge on any atom is -0.462 e. The van der Waals surface area contributed by atoms with Crippen molar-refractivity contribution in [3.05, 3.63) is 60.8 Å². The molecule has 0 aliphatic rings. The van der Waals surface area contributed by atoms with Gasteiger partial charge in [0.1, 0.15) is 13.2 Å². The van der Waals surface area contributed by atoms with Crippen LogP contribution >= 0.6 is 0 Å². The summed E-state index contributed by atoms with van der Waals surface area (Å²) in [5.74, 6) is -0.879. The molecule has 0 aromatic carbocycles. The van der Waals surface area contributed by atoms with Crippen LogP contribution in [0.5, 0.6) is 0 Å². The Labute approximate surface area is 510 Å². The minimum atomic E-state index is -0.786. The molecule has 0 rings (SSSR count). The van der Waals surface area contributed by atoms with Gasteiger partial charge >= 0.3 is 17.9 Å². The lowest BCUT2D eigenvalue weighted by Crippen LogP contribution is -2.30. The second kappa shape index (κ2) is 70.6. The Balaban J connectivity index is 4.22. The highest BCUT2D eigenvalue weighted by molar-refractivity contribution is 5.71. The SMILES string of the molecule is CC/C=C\C/C=C\C/C=C\C/C=C\CCCCCCCCC(=O)OC(COC(=O)CCCCCCC/C=C\CCCCCCCC)COC(=O)CCCCCCCCCCCCCCCCCCCCCCCCCCCCCCCC. The van der Waals surface area contributed by atoms with Gasteiger partial charge in [-0.15, -0.1) is 0 Å². The van der Waals surface area contributed by atoms with E-state index in [2.05, 4.69) is 81.5 Å². The van der Waals surface area contributed by atoms with E-state index >= 15 is 0 Å². The maximum atomic E-state index is 12.9. The van der Waals surface area contributed by atoms with Crippen molar-refractivity contribution in [2.24, 2.45) is 0 Å². The maximum absolute atomic E-state index is 12.9. The fourth-order valence-electron chi connectivity index (χ4n) is 10.8. The molecule has 0 spiro atoms. The average Bonchev–Trinajstić information content (AvgIpc) is 3.47. The number of hydrogen-bond acceptors (Lipinski definition) is 6. The van der Waals surface area contributed by atoms with Crippen LogP contribution in [0, 0.1) is 0 Å². The van der Waals surface area contributed by atoms with E-state index in [4.69, 9.17) is 14.2 Å². The molecule has 0 heterocycles. The lowest BCUT2D eigenvalue weighted by Gasteiger charge is -2.18. The molecular formula is C76H138O6. The number of ether oxygens (including phenoxy) is 3. The Morgan fingerprint density at radius 1 is 0.256 bits per heavy atom. The Kier molecular flexibility index (Phi) is 68.1. The van der Waals surface area contributed by atoms with Crippen molar-refractivity contribution in [3.63, 3.8) is 0 Å². The number of carbonyl (C=O) groups is 3. The molecule has 0 radical (unpaired) electrons. The summed E-state index contributed by atoms with van der Waals surface area (Å²) < 4.78 is 17.0. The minimum absolute atomic E-state index is 0.0792. The van der Waals surface area contributed by atoms with E-state index in [1.165, 1.54) is 244 Å². The number of unbranched alkanes of at least 4 members (excludes halogenated alkanes) is 46. The number of allylic oxidation sites excluding steroid dienone is 10. The molecule has 0 amide bonds. The quantitative estimate of drug-likeness (QED) is 0.0261. The second-order valence-electron chi connectivity index (χ2n) is 24.5. The smallest absolute Gasteiger partial charge is 0.306 e. The first kappa shape index (κ1) is 79.1. The zero-order valence-corrected chi connectivity index (χ0v) is 55.0. The van der Waals surface area contributed by atoms with Gasteiger partial charge in [-0.3, -0.25) is 14.4 Å². The van der Waals surface area contributed by atoms with Crippen molar-refractivity contribution in [3.8, 4) is 0 Å². The van der Waals surface area contributed by atoms with Gasteiger partial charge in [-0.25, -0.2) is 0 Å². The Bertz CT molecular complexity index is 1460. The monoisotopic (exact) mass is 1150 g/mol. The topological polar surface area (TPSA) is 78.9 Å². The van der Waals surface area contributed by atoms with Crippen molar-refractivity contribution in [1.82, 2.24) is 0 Å². The van der Waals surface area contributed by atoms with Gasteiger partial charge in [-0.2, -0.15) is 0 Å². The van der Waals surface area contributed by atoms with E-state index < -0.39 is 6.10 Å². The lowest BCUT2D eigenvalue weighted by atomic mass is 10.0. The zero-order valence-electron chi connectivity index (χ0n) is 55.0. The molecule has 82 heavy (non-hydrogen) atoms. The molecule has 1 atom stereocenters. The van der Waals surface area contributed by atoms with E-state index in [0.717, 1.165) is 103 Å². The highest BCUT2D eigenvalue weighted by Gasteiger charge is 2.19. The fraction of sp³-hybridized carbons (Fsp3) is 0.829. The molecular weight excluding hydrogens is 1010 g/mol. The van der Waals surface area contributed by atoms with Crippen molar-refractivity contribution in [2.45, 2.75) is 393 Å². The van der Waals surface area contributed by atoms with E-state index in [0.29, 0.717) is 19.3 Å². The van der Waals surface area contributed by atoms with Gasteiger partial charge in [-0.1, -0.05) is 345 Å². The molecule has 1 unspecified atom stereocenters. The lowest BCUT2D eigenvalue weighted by molar-refractivity contribution is -0.167. The zero-order chi connectivity index (χ0) is 59.2. The normalized spacial score (nSPS) is 12.4. The summed E-state index contributed by atoms with van der Waals surface area (Å²) in [7, 11) is 0. The largest absolute Gasteiger partial charge is 0.462 e. The van der Waals surface area contributed by atoms with Crippen LogP contribution in [0.1, 0.15) is 387 Å². The highest BCUT2D eigenvalue weighted by atomic mass is 16.6. The van der Waals surface area contributed by atoms with Crippen LogP contribution < -0.4 is 0 Å². The molecule has 0 aromatic rings. The highest BCUT2D eigenvalue weighted by Crippen LogP contribution is 2.19. The van der Waals surface area contributed by atoms with Crippen LogP contribution in [0.15, 0.2) is 60.8 Å². The summed E-state index contributed by atoms with van der Waals surface area (Å²) in [5, 5.41) is 0. The van der Waals surface area contributed by atoms with E-state index in [1.807, 2.05) is 0 Å². The predicted octanol–water partition coefficient (Wildman–Crippen LogP) is 25.1. The first-order valence-electron chi connectivity index (χ1n) is 36.3. The Hall–Kier alpha value is -2.89. The summed E-state index contributed by atoms with van der Waals surface area (Å²) in [6, 6.07) is 0. The average molecular weight is 1150 g/mol. The molecule has 0 fully saturated rings. The summed E-state index contributed by atoms with van der Waals surface area (Å²) in [6.45, 7) is 6.57. The summed E-state index contributed by atoms with van der Waals surface area (Å²) >= 11 is 0. The van der Waals surface area contributed by atoms with Crippen LogP contribution in [-0.2, 0) is 28.6 Å². The van der Waals surface area contributed by atoms with E-state index in [9.17, 15) is 14.4 Å². The molecule has 478 valence electrons. The van der Waals surface area contributed by atoms with Crippen LogP contribution in [0.3, 0.4) is 0 Å². The summed E-state index contributed by atoms with van der Waals surface area (Å²) in [5.41, 5.74) is 0. The van der Waals surface area contributed by atoms with Crippen molar-refractivity contribution in [1.29, 1.82) is 0 Å². The number of esters is 3. The van der Waals surface area contributed by atoms with Gasteiger partial charge in [-0.05, 0) is 83.5 Å². The van der Waals surface area contributed by atoms with Gasteiger partial charge in [0.2, 0.25) is 0 Å². The van der Waals surface area contributed by atoms with Crippen molar-refractivity contribution < 1.29 is 28.6 Å². The molecule has 0 aliphatic heterocycles. The van der Waals surface area contributed by atoms with Gasteiger partial charge in [0, 0.05) is 19.3 Å². The number of carbonyl (C=O) groups excluding carboxylic acids is 3. The summed E-state index contributed by atoms with van der Waals surface area (Å²) in [6.07, 6.45) is 91.2. The van der Waals surface area contributed by atoms with Crippen molar-refractivity contribution in [2.75, 3.05) is 13.2 Å². The van der Waals surface area contributed by atoms with Crippen LogP contribution in [0.25, 0.3) is 0 Å². The van der Waals surface area contributed by atoms with E-state index in [-0.39, 0.29) is 31.1 Å². The van der Waals surface area contributed by atoms with Crippen molar-refractivity contribution >= 4 is 17.9 Å². The molecule has 0 aromatic heterocycles. The third kappa shape index (κ3) is 67.9. The van der Waals surface area contributed by atoms with Gasteiger partial charge in [0.15, 0.2) is 6.10 Å². The third-order valence-corrected chi connectivity index (χ3v) is 16.3. The first-order valence-corrected chi connectivity index (χ1v) is 36.3. The molecule has 0 aliphatic carbocycles. The van der Waals surface area contributed by atoms with E-state index in [1.54, 1.807) is 0 Å². The molecule has 0 N–H and O–H groups in total. The Morgan fingerprint density at radius 2 is 0.476 bits per heavy atom. The fourth-order valence-corrected chi connectivity index (χ4v) is 10.8. The van der Waals surface area contributed by atoms with Gasteiger partial charge in [0.25, 0.3) is 0 Å². The second-order valence-corrected chi connectivity index (χ2v) is 24.5. The molecule has 0 saturated carbocycles. The Morgan fingerprint density at radius 3 is 0.756 bits per heavy atom. The van der Waals surface area contributed by atoms with Gasteiger partial charge in [0.05, 0.1) is 0 Å². The predicted molar refractivity (Wildman–Crippen MR) is 358 cm³/mol. The maximum Gasteiger partial charge on any atom is 0.306 e. The first-order chi connectivity index (χ1) is 40.5. The van der Waals surface area contributed by atoms with Gasteiger partial charge < -0.3 is 14.2 Å². The van der Waals surface area contributed by atoms with Crippen LogP contribution in [-0.4, -0.2) is 37.2 Å². The standard InChI is InChI=1S/C76H138O6/c1-4-7-10-13-16-19-22-25-28-30-32-33-34-35-36-37-38-39-40-41-42-44-45-48-51-54-57-60-63-66-69-75(78)81-72-73(71-80-74(77)68-65-62-59-56-53-50-47-27-24-21-18-15-12-9-6-3)82-76(79)70-67-64-61-58-55-52-49-46-43-31-29-26-23-20-17-14-11-8-5-2/h8,11,17,20,26-27,29,43,46-47,73H,4-7,9-10,12-16,18-19,21-25,28,30-42,44-45,48-72H2,1-3H3/b11-8-,20-17-,29-26-,46-43-,47-27-. The summed E-state index contributed by atoms with van der Waals surface area (Å²) in [4.78, 5) is 38.4. The third-order valence-electron chi connectivity index (χ3n) is 16.3. The molecule has 0 saturated heterocycles. The number of hydrogen-bond donors (Lipinski definition) is 0.